The van der Waals surface area contributed by atoms with E-state index in [0.29, 0.717) is 0 Å². The maximum absolute atomic E-state index is 11.5. The zero-order valence-corrected chi connectivity index (χ0v) is 6.35. The minimum absolute atomic E-state index is 0.0169. The van der Waals surface area contributed by atoms with Crippen LogP contribution >= 0.6 is 0 Å². The van der Waals surface area contributed by atoms with Crippen molar-refractivity contribution in [1.29, 1.82) is 0 Å². The van der Waals surface area contributed by atoms with Crippen LogP contribution in [0.5, 0.6) is 0 Å². The minimum atomic E-state index is -1.89. The van der Waals surface area contributed by atoms with Crippen LogP contribution in [0.2, 0.25) is 0 Å². The predicted octanol–water partition coefficient (Wildman–Crippen LogP) is 1.26. The average Bonchev–Trinajstić information content (AvgIpc) is 2.20. The Hall–Kier alpha value is -0.530. The van der Waals surface area contributed by atoms with E-state index in [1.165, 1.54) is 4.90 Å². The molecule has 0 aromatic carbocycles. The molecule has 0 aromatic heterocycles. The Morgan fingerprint density at radius 1 is 1.50 bits per heavy atom. The van der Waals surface area contributed by atoms with Crippen molar-refractivity contribution < 1.29 is 10.3 Å². The highest BCUT2D eigenvalue weighted by Crippen LogP contribution is 2.25. The molecule has 0 spiro atoms. The zero-order chi connectivity index (χ0) is 11.1. The Morgan fingerprint density at radius 3 is 2.40 bits per heavy atom. The molecule has 0 atom stereocenters. The first kappa shape index (κ1) is 3.74. The van der Waals surface area contributed by atoms with Crippen LogP contribution in [0.25, 0.3) is 0 Å². The van der Waals surface area contributed by atoms with Gasteiger partial charge in [-0.2, -0.15) is 0 Å². The fraction of sp³-hybridized carbons (Fsp3) is 0.875. The monoisotopic (exact) mass is 145 g/mol. The third-order valence-electron chi connectivity index (χ3n) is 1.61. The van der Waals surface area contributed by atoms with E-state index in [0.717, 1.165) is 0 Å². The van der Waals surface area contributed by atoms with Gasteiger partial charge in [-0.05, 0) is 12.8 Å². The normalized spacial score (nSPS) is 35.4. The van der Waals surface area contributed by atoms with Gasteiger partial charge in [0.15, 0.2) is 0 Å². The molecule has 1 saturated carbocycles. The topological polar surface area (TPSA) is 20.3 Å². The van der Waals surface area contributed by atoms with Crippen LogP contribution in [0.15, 0.2) is 0 Å². The van der Waals surface area contributed by atoms with Gasteiger partial charge in [0.2, 0.25) is 5.91 Å². The standard InChI is InChI=1S/C8H15NO/c1-9(2)8(10)7-5-3-4-6-7/h7H,3-6H2,1-2H3/i3D2,4D2. The summed E-state index contributed by atoms with van der Waals surface area (Å²) in [5.41, 5.74) is 0. The maximum Gasteiger partial charge on any atom is 0.225 e. The fourth-order valence-electron chi connectivity index (χ4n) is 1.00. The summed E-state index contributed by atoms with van der Waals surface area (Å²) in [4.78, 5) is 12.9. The fourth-order valence-corrected chi connectivity index (χ4v) is 1.00. The van der Waals surface area contributed by atoms with Crippen molar-refractivity contribution in [2.75, 3.05) is 14.1 Å². The van der Waals surface area contributed by atoms with E-state index < -0.39 is 18.7 Å². The molecule has 0 N–H and O–H groups in total. The molecule has 1 fully saturated rings. The molecule has 58 valence electrons. The summed E-state index contributed by atoms with van der Waals surface area (Å²) in [6.07, 6.45) is -3.80. The summed E-state index contributed by atoms with van der Waals surface area (Å²) in [6.45, 7) is 0. The van der Waals surface area contributed by atoms with Crippen molar-refractivity contribution in [3.63, 3.8) is 0 Å². The Bertz CT molecular complexity index is 236. The van der Waals surface area contributed by atoms with Crippen LogP contribution < -0.4 is 0 Å². The number of nitrogens with zero attached hydrogens (tertiary/aromatic N) is 1. The highest BCUT2D eigenvalue weighted by Gasteiger charge is 2.23. The lowest BCUT2D eigenvalue weighted by atomic mass is 10.1. The van der Waals surface area contributed by atoms with Gasteiger partial charge in [-0.3, -0.25) is 4.79 Å². The third-order valence-corrected chi connectivity index (χ3v) is 1.61. The van der Waals surface area contributed by atoms with Crippen LogP contribution in [-0.4, -0.2) is 24.9 Å². The second-order valence-corrected chi connectivity index (χ2v) is 2.69. The molecule has 0 radical (unpaired) electrons. The molecule has 0 aromatic rings. The molecule has 0 unspecified atom stereocenters. The molecule has 10 heavy (non-hydrogen) atoms. The van der Waals surface area contributed by atoms with E-state index in [1.54, 1.807) is 14.1 Å². The van der Waals surface area contributed by atoms with Crippen LogP contribution in [0.3, 0.4) is 0 Å². The van der Waals surface area contributed by atoms with Crippen LogP contribution in [0, 0.1) is 5.92 Å². The molecule has 1 aliphatic carbocycles. The number of carbonyl (C=O) groups is 1. The molecule has 1 amide bonds. The van der Waals surface area contributed by atoms with Crippen LogP contribution in [0.1, 0.15) is 31.1 Å². The summed E-state index contributed by atoms with van der Waals surface area (Å²) in [7, 11) is 3.21. The summed E-state index contributed by atoms with van der Waals surface area (Å²) < 4.78 is 29.9. The van der Waals surface area contributed by atoms with Gasteiger partial charge in [0.1, 0.15) is 0 Å². The number of amides is 1. The van der Waals surface area contributed by atoms with Crippen molar-refractivity contribution in [3.05, 3.63) is 0 Å². The van der Waals surface area contributed by atoms with Gasteiger partial charge in [-0.15, -0.1) is 0 Å². The molecule has 0 saturated heterocycles. The van der Waals surface area contributed by atoms with Gasteiger partial charge in [0.05, 0.1) is 0 Å². The first-order valence-electron chi connectivity index (χ1n) is 5.38. The predicted molar refractivity (Wildman–Crippen MR) is 40.7 cm³/mol. The highest BCUT2D eigenvalue weighted by atomic mass is 16.2. The van der Waals surface area contributed by atoms with E-state index in [-0.39, 0.29) is 18.7 Å². The van der Waals surface area contributed by atoms with Crippen LogP contribution in [0.4, 0.5) is 0 Å². The number of rotatable bonds is 1. The summed E-state index contributed by atoms with van der Waals surface area (Å²) in [5, 5.41) is 0. The SMILES string of the molecule is [2H]C1([2H])CC(C(=O)N(C)C)CC1([2H])[2H]. The Morgan fingerprint density at radius 2 is 2.00 bits per heavy atom. The lowest BCUT2D eigenvalue weighted by molar-refractivity contribution is -0.132. The number of carbonyl (C=O) groups excluding carboxylic acids is 1. The van der Waals surface area contributed by atoms with Crippen molar-refractivity contribution in [2.45, 2.75) is 25.6 Å². The van der Waals surface area contributed by atoms with Crippen LogP contribution in [-0.2, 0) is 4.79 Å². The Kier molecular flexibility index (Phi) is 1.14. The minimum Gasteiger partial charge on any atom is -0.349 e. The second kappa shape index (κ2) is 3.04. The Labute approximate surface area is 67.8 Å². The van der Waals surface area contributed by atoms with E-state index >= 15 is 0 Å². The average molecular weight is 145 g/mol. The van der Waals surface area contributed by atoms with Gasteiger partial charge >= 0.3 is 0 Å². The largest absolute Gasteiger partial charge is 0.349 e. The molecule has 0 bridgehead atoms. The van der Waals surface area contributed by atoms with Crippen molar-refractivity contribution in [2.24, 2.45) is 5.92 Å². The first-order valence-corrected chi connectivity index (χ1v) is 3.38. The zero-order valence-electron chi connectivity index (χ0n) is 10.3. The summed E-state index contributed by atoms with van der Waals surface area (Å²) in [6, 6.07) is 0. The molecule has 0 heterocycles. The van der Waals surface area contributed by atoms with Gasteiger partial charge < -0.3 is 4.90 Å². The van der Waals surface area contributed by atoms with E-state index in [2.05, 4.69) is 0 Å². The molecule has 2 nitrogen and oxygen atoms in total. The van der Waals surface area contributed by atoms with E-state index in [9.17, 15) is 4.79 Å². The smallest absolute Gasteiger partial charge is 0.225 e. The summed E-state index contributed by atoms with van der Waals surface area (Å²) in [5.74, 6) is -0.703. The van der Waals surface area contributed by atoms with Gasteiger partial charge in [-0.25, -0.2) is 0 Å². The second-order valence-electron chi connectivity index (χ2n) is 2.69. The first-order chi connectivity index (χ1) is 6.17. The van der Waals surface area contributed by atoms with Crippen molar-refractivity contribution in [3.8, 4) is 0 Å². The van der Waals surface area contributed by atoms with Crippen molar-refractivity contribution >= 4 is 5.91 Å². The molecular weight excluding hydrogens is 126 g/mol. The van der Waals surface area contributed by atoms with Gasteiger partial charge in [-0.1, -0.05) is 12.7 Å². The molecule has 0 aliphatic heterocycles. The third kappa shape index (κ3) is 1.49. The maximum atomic E-state index is 11.5. The molecular formula is C8H15NO. The van der Waals surface area contributed by atoms with Gasteiger partial charge in [0, 0.05) is 25.5 Å². The Balaban J connectivity index is 2.78. The lowest BCUT2D eigenvalue weighted by Gasteiger charge is -2.14. The number of hydrogen-bond acceptors (Lipinski definition) is 1. The molecule has 1 aliphatic rings. The number of hydrogen-bond donors (Lipinski definition) is 0. The molecule has 2 heteroatoms. The lowest BCUT2D eigenvalue weighted by Crippen LogP contribution is -2.27. The quantitative estimate of drug-likeness (QED) is 0.544. The van der Waals surface area contributed by atoms with E-state index in [4.69, 9.17) is 5.48 Å². The highest BCUT2D eigenvalue weighted by molar-refractivity contribution is 5.78. The van der Waals surface area contributed by atoms with E-state index in [1.807, 2.05) is 0 Å². The van der Waals surface area contributed by atoms with Crippen molar-refractivity contribution in [1.82, 2.24) is 4.90 Å². The summed E-state index contributed by atoms with van der Waals surface area (Å²) >= 11 is 0. The molecule has 1 rings (SSSR count). The van der Waals surface area contributed by atoms with Gasteiger partial charge in [0.25, 0.3) is 0 Å².